The minimum atomic E-state index is -1.04. The lowest BCUT2D eigenvalue weighted by atomic mass is 10.0. The van der Waals surface area contributed by atoms with Crippen LogP contribution in [0, 0.1) is 27.7 Å². The molecular weight excluding hydrogens is 472 g/mol. The highest BCUT2D eigenvalue weighted by Gasteiger charge is 2.20. The van der Waals surface area contributed by atoms with E-state index in [2.05, 4.69) is 26.0 Å². The van der Waals surface area contributed by atoms with Gasteiger partial charge in [0.15, 0.2) is 0 Å². The summed E-state index contributed by atoms with van der Waals surface area (Å²) in [6, 6.07) is 10.3. The molecule has 2 heterocycles. The second-order valence-electron chi connectivity index (χ2n) is 9.05. The largest absolute Gasteiger partial charge is 0.481 e. The summed E-state index contributed by atoms with van der Waals surface area (Å²) in [5, 5.41) is 22.5. The minimum absolute atomic E-state index is 0.238. The Balaban J connectivity index is 1.54. The number of carboxylic acid groups (broad SMARTS) is 1. The highest BCUT2D eigenvalue weighted by molar-refractivity contribution is 5.85. The molecular formula is C27H34N6O4. The van der Waals surface area contributed by atoms with E-state index < -0.39 is 17.9 Å². The van der Waals surface area contributed by atoms with Crippen LogP contribution in [0.15, 0.2) is 42.6 Å². The molecule has 0 aliphatic rings. The number of carbonyl (C=O) groups is 3. The molecule has 0 spiro atoms. The van der Waals surface area contributed by atoms with Crippen LogP contribution in [0.3, 0.4) is 0 Å². The fourth-order valence-corrected chi connectivity index (χ4v) is 3.88. The van der Waals surface area contributed by atoms with Gasteiger partial charge in [0.2, 0.25) is 11.8 Å². The van der Waals surface area contributed by atoms with Crippen molar-refractivity contribution < 1.29 is 19.5 Å². The van der Waals surface area contributed by atoms with E-state index in [0.29, 0.717) is 18.5 Å². The number of pyridine rings is 1. The molecule has 0 bridgehead atoms. The smallest absolute Gasteiger partial charge is 0.305 e. The first-order valence-electron chi connectivity index (χ1n) is 12.2. The van der Waals surface area contributed by atoms with Crippen LogP contribution in [-0.4, -0.2) is 50.7 Å². The molecule has 0 aliphatic heterocycles. The maximum Gasteiger partial charge on any atom is 0.305 e. The lowest BCUT2D eigenvalue weighted by molar-refractivity contribution is -0.138. The Hall–Kier alpha value is -4.21. The van der Waals surface area contributed by atoms with Crippen LogP contribution in [0.5, 0.6) is 0 Å². The summed E-state index contributed by atoms with van der Waals surface area (Å²) in [5.74, 6) is -1.02. The van der Waals surface area contributed by atoms with Gasteiger partial charge in [0.1, 0.15) is 5.82 Å². The number of aliphatic carboxylic acids is 1. The number of hydrogen-bond acceptors (Lipinski definition) is 6. The van der Waals surface area contributed by atoms with E-state index in [1.165, 1.54) is 0 Å². The molecule has 37 heavy (non-hydrogen) atoms. The molecule has 2 amide bonds. The average molecular weight is 507 g/mol. The summed E-state index contributed by atoms with van der Waals surface area (Å²) < 4.78 is 1.80. The summed E-state index contributed by atoms with van der Waals surface area (Å²) >= 11 is 0. The maximum absolute atomic E-state index is 12.6. The van der Waals surface area contributed by atoms with Crippen molar-refractivity contribution in [1.29, 1.82) is 0 Å². The summed E-state index contributed by atoms with van der Waals surface area (Å²) in [5.41, 5.74) is 5.49. The van der Waals surface area contributed by atoms with Gasteiger partial charge in [-0.3, -0.25) is 14.4 Å². The summed E-state index contributed by atoms with van der Waals surface area (Å²) in [6.07, 6.45) is 2.24. The van der Waals surface area contributed by atoms with Gasteiger partial charge in [-0.15, -0.1) is 0 Å². The predicted molar refractivity (Wildman–Crippen MR) is 141 cm³/mol. The highest BCUT2D eigenvalue weighted by Crippen LogP contribution is 2.22. The van der Waals surface area contributed by atoms with Gasteiger partial charge >= 0.3 is 5.97 Å². The molecule has 2 aromatic heterocycles. The number of amides is 2. The fraction of sp³-hybridized carbons (Fsp3) is 0.370. The third-order valence-electron chi connectivity index (χ3n) is 6.13. The molecule has 0 saturated carbocycles. The van der Waals surface area contributed by atoms with Crippen molar-refractivity contribution >= 4 is 23.6 Å². The van der Waals surface area contributed by atoms with Crippen LogP contribution in [-0.2, 0) is 14.4 Å². The number of aromatic nitrogens is 3. The van der Waals surface area contributed by atoms with Gasteiger partial charge in [0.25, 0.3) is 0 Å². The third-order valence-corrected chi connectivity index (χ3v) is 6.13. The van der Waals surface area contributed by atoms with Crippen molar-refractivity contribution in [3.05, 3.63) is 70.7 Å². The quantitative estimate of drug-likeness (QED) is 0.277. The van der Waals surface area contributed by atoms with E-state index in [1.807, 2.05) is 52.0 Å². The number of nitrogens with one attached hydrogen (secondary N) is 3. The van der Waals surface area contributed by atoms with Gasteiger partial charge < -0.3 is 21.1 Å². The number of carboxylic acids is 1. The van der Waals surface area contributed by atoms with Crippen LogP contribution in [0.4, 0.5) is 5.82 Å². The zero-order valence-electron chi connectivity index (χ0n) is 21.7. The Bertz CT molecular complexity index is 1270. The van der Waals surface area contributed by atoms with E-state index in [1.54, 1.807) is 23.0 Å². The molecule has 10 heteroatoms. The van der Waals surface area contributed by atoms with Crippen molar-refractivity contribution in [3.8, 4) is 5.69 Å². The van der Waals surface area contributed by atoms with E-state index >= 15 is 0 Å². The lowest BCUT2D eigenvalue weighted by Gasteiger charge is -2.19. The zero-order chi connectivity index (χ0) is 26.9. The highest BCUT2D eigenvalue weighted by atomic mass is 16.4. The number of hydrogen-bond donors (Lipinski definition) is 4. The van der Waals surface area contributed by atoms with E-state index in [9.17, 15) is 19.5 Å². The van der Waals surface area contributed by atoms with Crippen molar-refractivity contribution in [1.82, 2.24) is 25.4 Å². The molecule has 3 rings (SSSR count). The second kappa shape index (κ2) is 12.7. The lowest BCUT2D eigenvalue weighted by Crippen LogP contribution is -2.39. The Morgan fingerprint density at radius 2 is 1.84 bits per heavy atom. The van der Waals surface area contributed by atoms with E-state index in [-0.39, 0.29) is 25.3 Å². The SMILES string of the molecule is Cc1ccnc(NCCCC(=O)NCC(=O)N[C@@H](CC(=O)O)c2cccc(-n3nc(C)c(C)c3C)c2)c1. The van der Waals surface area contributed by atoms with E-state index in [4.69, 9.17) is 0 Å². The first kappa shape index (κ1) is 27.4. The van der Waals surface area contributed by atoms with Gasteiger partial charge in [-0.05, 0) is 75.1 Å². The Morgan fingerprint density at radius 3 is 2.51 bits per heavy atom. The number of benzene rings is 1. The number of rotatable bonds is 12. The molecule has 196 valence electrons. The molecule has 0 unspecified atom stereocenters. The summed E-state index contributed by atoms with van der Waals surface area (Å²) in [7, 11) is 0. The molecule has 3 aromatic rings. The molecule has 1 aromatic carbocycles. The minimum Gasteiger partial charge on any atom is -0.481 e. The van der Waals surface area contributed by atoms with Gasteiger partial charge in [-0.25, -0.2) is 9.67 Å². The molecule has 0 saturated heterocycles. The van der Waals surface area contributed by atoms with Crippen LogP contribution in [0.1, 0.15) is 53.4 Å². The monoisotopic (exact) mass is 506 g/mol. The normalized spacial score (nSPS) is 11.6. The van der Waals surface area contributed by atoms with Crippen molar-refractivity contribution in [2.24, 2.45) is 0 Å². The van der Waals surface area contributed by atoms with Crippen molar-refractivity contribution in [2.45, 2.75) is 53.0 Å². The molecule has 10 nitrogen and oxygen atoms in total. The first-order chi connectivity index (χ1) is 17.6. The van der Waals surface area contributed by atoms with Crippen LogP contribution in [0.25, 0.3) is 5.69 Å². The number of aryl methyl sites for hydroxylation is 2. The van der Waals surface area contributed by atoms with Gasteiger partial charge in [0.05, 0.1) is 30.4 Å². The van der Waals surface area contributed by atoms with Crippen LogP contribution < -0.4 is 16.0 Å². The Labute approximate surface area is 216 Å². The molecule has 1 atom stereocenters. The molecule has 0 aliphatic carbocycles. The third kappa shape index (κ3) is 7.89. The topological polar surface area (TPSA) is 138 Å². The van der Waals surface area contributed by atoms with Crippen molar-refractivity contribution in [2.75, 3.05) is 18.4 Å². The number of nitrogens with zero attached hydrogens (tertiary/aromatic N) is 3. The summed E-state index contributed by atoms with van der Waals surface area (Å²) in [4.78, 5) is 40.4. The first-order valence-corrected chi connectivity index (χ1v) is 12.2. The van der Waals surface area contributed by atoms with Gasteiger partial charge in [-0.2, -0.15) is 5.10 Å². The molecule has 0 radical (unpaired) electrons. The molecule has 4 N–H and O–H groups in total. The zero-order valence-corrected chi connectivity index (χ0v) is 21.7. The Kier molecular flexibility index (Phi) is 9.37. The van der Waals surface area contributed by atoms with Crippen molar-refractivity contribution in [3.63, 3.8) is 0 Å². The van der Waals surface area contributed by atoms with E-state index in [0.717, 1.165) is 34.0 Å². The fourth-order valence-electron chi connectivity index (χ4n) is 3.88. The average Bonchev–Trinajstić information content (AvgIpc) is 3.12. The van der Waals surface area contributed by atoms with Crippen LogP contribution in [0.2, 0.25) is 0 Å². The van der Waals surface area contributed by atoms with Gasteiger partial charge in [-0.1, -0.05) is 12.1 Å². The standard InChI is InChI=1S/C27H34N6O4/c1-17-10-12-29-24(13-17)28-11-6-9-25(34)30-16-26(35)31-23(15-27(36)37)21-7-5-8-22(14-21)33-20(4)18(2)19(3)32-33/h5,7-8,10,12-14,23H,6,9,11,15-16H2,1-4H3,(H,28,29)(H,30,34)(H,31,35)(H,36,37)/t23-/m0/s1. The van der Waals surface area contributed by atoms with Crippen LogP contribution >= 0.6 is 0 Å². The number of anilines is 1. The van der Waals surface area contributed by atoms with Gasteiger partial charge in [0, 0.05) is 24.9 Å². The maximum atomic E-state index is 12.6. The second-order valence-corrected chi connectivity index (χ2v) is 9.05. The number of carbonyl (C=O) groups excluding carboxylic acids is 2. The summed E-state index contributed by atoms with van der Waals surface area (Å²) in [6.45, 7) is 8.21. The predicted octanol–water partition coefficient (Wildman–Crippen LogP) is 3.14. The Morgan fingerprint density at radius 1 is 1.05 bits per heavy atom. The molecule has 0 fully saturated rings.